The lowest BCUT2D eigenvalue weighted by Gasteiger charge is -2.32. The summed E-state index contributed by atoms with van der Waals surface area (Å²) in [6.07, 6.45) is 43.1. The van der Waals surface area contributed by atoms with Gasteiger partial charge in [-0.1, -0.05) is 135 Å². The Labute approximate surface area is 246 Å². The van der Waals surface area contributed by atoms with E-state index in [2.05, 4.69) is 9.80 Å². The van der Waals surface area contributed by atoms with Gasteiger partial charge in [-0.2, -0.15) is 0 Å². The number of piperidine rings is 2. The van der Waals surface area contributed by atoms with Crippen LogP contribution < -0.4 is 0 Å². The predicted octanol–water partition coefficient (Wildman–Crippen LogP) is 11.2. The summed E-state index contributed by atoms with van der Waals surface area (Å²) in [6, 6.07) is 0. The molecule has 3 fully saturated rings. The maximum atomic E-state index is 2.82. The maximum Gasteiger partial charge on any atom is 0.000966 e. The first-order valence-electron chi connectivity index (χ1n) is 18.8. The molecule has 4 bridgehead atoms. The third kappa shape index (κ3) is 17.5. The monoisotopic (exact) mass is 545 g/mol. The molecule has 0 saturated carbocycles. The van der Waals surface area contributed by atoms with E-state index in [1.807, 2.05) is 0 Å². The Kier molecular flexibility index (Phi) is 20.1. The molecule has 4 unspecified atom stereocenters. The minimum atomic E-state index is 1.01. The minimum Gasteiger partial charge on any atom is -0.303 e. The van der Waals surface area contributed by atoms with E-state index in [0.29, 0.717) is 0 Å². The molecule has 0 radical (unpaired) electrons. The Morgan fingerprint density at radius 3 is 0.795 bits per heavy atom. The first-order valence-corrected chi connectivity index (χ1v) is 18.8. The number of rotatable bonds is 0. The summed E-state index contributed by atoms with van der Waals surface area (Å²) in [5.74, 6) is 2.02. The molecule has 0 spiro atoms. The van der Waals surface area contributed by atoms with Gasteiger partial charge >= 0.3 is 0 Å². The molecule has 3 heterocycles. The molecule has 3 rings (SSSR count). The Bertz CT molecular complexity index is 488. The molecule has 0 N–H and O–H groups in total. The van der Waals surface area contributed by atoms with Crippen molar-refractivity contribution in [3.63, 3.8) is 0 Å². The summed E-state index contributed by atoms with van der Waals surface area (Å²) in [5.41, 5.74) is 0. The fraction of sp³-hybridized carbons (Fsp3) is 1.00. The van der Waals surface area contributed by atoms with Gasteiger partial charge in [-0.3, -0.25) is 0 Å². The standard InChI is InChI=1S/C37H72N2/c1-2-6-10-14-18-22-30-38-32-25-29-37(35-38)27-21-17-13-9-5-3-7-11-15-19-23-31-39-33-24-28-36(34-39)26-20-16-12-8-4-1/h36-37H,1-35H2. The van der Waals surface area contributed by atoms with E-state index in [1.165, 1.54) is 225 Å². The summed E-state index contributed by atoms with van der Waals surface area (Å²) in [7, 11) is 0. The van der Waals surface area contributed by atoms with Crippen molar-refractivity contribution in [2.75, 3.05) is 39.3 Å². The highest BCUT2D eigenvalue weighted by atomic mass is 15.1. The molecule has 0 aromatic rings. The van der Waals surface area contributed by atoms with Crippen LogP contribution in [0.15, 0.2) is 0 Å². The molecule has 230 valence electrons. The summed E-state index contributed by atoms with van der Waals surface area (Å²) in [6.45, 7) is 8.37. The quantitative estimate of drug-likeness (QED) is 0.299. The van der Waals surface area contributed by atoms with E-state index >= 15 is 0 Å². The minimum absolute atomic E-state index is 1.01. The third-order valence-electron chi connectivity index (χ3n) is 10.6. The van der Waals surface area contributed by atoms with Crippen LogP contribution in [0.25, 0.3) is 0 Å². The maximum absolute atomic E-state index is 2.82. The van der Waals surface area contributed by atoms with Gasteiger partial charge in [0.15, 0.2) is 0 Å². The molecule has 2 heteroatoms. The second-order valence-electron chi connectivity index (χ2n) is 14.3. The Morgan fingerprint density at radius 2 is 0.462 bits per heavy atom. The summed E-state index contributed by atoms with van der Waals surface area (Å²) < 4.78 is 0. The van der Waals surface area contributed by atoms with E-state index < -0.39 is 0 Å². The van der Waals surface area contributed by atoms with Crippen molar-refractivity contribution in [3.8, 4) is 0 Å². The fourth-order valence-corrected chi connectivity index (χ4v) is 8.08. The molecule has 3 aliphatic heterocycles. The molecule has 39 heavy (non-hydrogen) atoms. The lowest BCUT2D eigenvalue weighted by Crippen LogP contribution is -2.36. The molecule has 0 aromatic heterocycles. The summed E-state index contributed by atoms with van der Waals surface area (Å²) in [4.78, 5) is 5.64. The second kappa shape index (κ2) is 23.5. The molecule has 3 aliphatic rings. The number of hydrogen-bond donors (Lipinski definition) is 0. The van der Waals surface area contributed by atoms with Gasteiger partial charge in [0.25, 0.3) is 0 Å². The van der Waals surface area contributed by atoms with Crippen molar-refractivity contribution in [2.45, 2.75) is 186 Å². The van der Waals surface area contributed by atoms with E-state index in [0.717, 1.165) is 11.8 Å². The summed E-state index contributed by atoms with van der Waals surface area (Å²) in [5, 5.41) is 0. The highest BCUT2D eigenvalue weighted by Crippen LogP contribution is 2.25. The van der Waals surface area contributed by atoms with Gasteiger partial charge in [0, 0.05) is 13.1 Å². The predicted molar refractivity (Wildman–Crippen MR) is 174 cm³/mol. The van der Waals surface area contributed by atoms with Gasteiger partial charge in [0.2, 0.25) is 0 Å². The molecule has 0 amide bonds. The Morgan fingerprint density at radius 1 is 0.231 bits per heavy atom. The van der Waals surface area contributed by atoms with Crippen molar-refractivity contribution in [2.24, 2.45) is 11.8 Å². The smallest absolute Gasteiger partial charge is 0.000966 e. The van der Waals surface area contributed by atoms with Gasteiger partial charge in [-0.25, -0.2) is 0 Å². The Balaban J connectivity index is 1.27. The zero-order chi connectivity index (χ0) is 27.1. The van der Waals surface area contributed by atoms with Gasteiger partial charge < -0.3 is 9.80 Å². The van der Waals surface area contributed by atoms with Crippen molar-refractivity contribution >= 4 is 0 Å². The van der Waals surface area contributed by atoms with Crippen molar-refractivity contribution < 1.29 is 0 Å². The molecule has 4 atom stereocenters. The normalized spacial score (nSPS) is 32.6. The number of hydrogen-bond acceptors (Lipinski definition) is 2. The average Bonchev–Trinajstić information content (AvgIpc) is 2.95. The first-order chi connectivity index (χ1) is 19.4. The van der Waals surface area contributed by atoms with Crippen molar-refractivity contribution in [1.29, 1.82) is 0 Å². The van der Waals surface area contributed by atoms with E-state index in [9.17, 15) is 0 Å². The molecular formula is C37H72N2. The van der Waals surface area contributed by atoms with Crippen LogP contribution in [0.3, 0.4) is 0 Å². The number of nitrogens with zero attached hydrogens (tertiary/aromatic N) is 2. The van der Waals surface area contributed by atoms with Crippen LogP contribution in [-0.2, 0) is 0 Å². The first kappa shape index (κ1) is 33.4. The second-order valence-corrected chi connectivity index (χ2v) is 14.3. The van der Waals surface area contributed by atoms with Gasteiger partial charge in [-0.15, -0.1) is 0 Å². The van der Waals surface area contributed by atoms with Gasteiger partial charge in [0.1, 0.15) is 0 Å². The fourth-order valence-electron chi connectivity index (χ4n) is 8.08. The average molecular weight is 545 g/mol. The van der Waals surface area contributed by atoms with Gasteiger partial charge in [-0.05, 0) is 89.4 Å². The van der Waals surface area contributed by atoms with E-state index in [4.69, 9.17) is 0 Å². The van der Waals surface area contributed by atoms with Crippen LogP contribution in [-0.4, -0.2) is 49.1 Å². The molecule has 3 saturated heterocycles. The zero-order valence-electron chi connectivity index (χ0n) is 26.8. The Hall–Kier alpha value is -0.0800. The highest BCUT2D eigenvalue weighted by Gasteiger charge is 2.20. The van der Waals surface area contributed by atoms with Crippen LogP contribution in [0.4, 0.5) is 0 Å². The lowest BCUT2D eigenvalue weighted by atomic mass is 9.92. The molecule has 2 nitrogen and oxygen atoms in total. The largest absolute Gasteiger partial charge is 0.303 e. The SMILES string of the molecule is C1CCCCCCCN2CCCC(CCCCCCCCCCCCCN3CCCC(CCCCCC1)C3)C2. The zero-order valence-corrected chi connectivity index (χ0v) is 26.8. The summed E-state index contributed by atoms with van der Waals surface area (Å²) >= 11 is 0. The molecule has 0 aromatic carbocycles. The van der Waals surface area contributed by atoms with Crippen molar-refractivity contribution in [1.82, 2.24) is 9.80 Å². The van der Waals surface area contributed by atoms with Crippen molar-refractivity contribution in [3.05, 3.63) is 0 Å². The topological polar surface area (TPSA) is 6.48 Å². The molecular weight excluding hydrogens is 472 g/mol. The van der Waals surface area contributed by atoms with Gasteiger partial charge in [0.05, 0.1) is 0 Å². The lowest BCUT2D eigenvalue weighted by molar-refractivity contribution is 0.163. The van der Waals surface area contributed by atoms with Crippen LogP contribution in [0.2, 0.25) is 0 Å². The third-order valence-corrected chi connectivity index (χ3v) is 10.6. The molecule has 0 aliphatic carbocycles. The van der Waals surface area contributed by atoms with Crippen LogP contribution >= 0.6 is 0 Å². The highest BCUT2D eigenvalue weighted by molar-refractivity contribution is 4.74. The van der Waals surface area contributed by atoms with Crippen LogP contribution in [0, 0.1) is 11.8 Å². The van der Waals surface area contributed by atoms with E-state index in [1.54, 1.807) is 0 Å². The van der Waals surface area contributed by atoms with Crippen LogP contribution in [0.5, 0.6) is 0 Å². The van der Waals surface area contributed by atoms with Crippen LogP contribution in [0.1, 0.15) is 186 Å². The number of fused-ring (bicyclic) bond motifs is 4. The van der Waals surface area contributed by atoms with E-state index in [-0.39, 0.29) is 0 Å².